The van der Waals surface area contributed by atoms with Gasteiger partial charge in [-0.2, -0.15) is 0 Å². The lowest BCUT2D eigenvalue weighted by molar-refractivity contribution is 0.246. The minimum absolute atomic E-state index is 0.266. The molecule has 1 aliphatic rings. The SMILES string of the molecule is Cc1ccc(N2CCN(CCCCCOc3cccc(NC(N)=S)c3)CC2)cc1. The summed E-state index contributed by atoms with van der Waals surface area (Å²) in [7, 11) is 0. The van der Waals surface area contributed by atoms with Crippen molar-refractivity contribution in [2.24, 2.45) is 5.73 Å². The number of aryl methyl sites for hydroxylation is 1. The van der Waals surface area contributed by atoms with Crippen LogP contribution < -0.4 is 20.7 Å². The maximum Gasteiger partial charge on any atom is 0.168 e. The molecule has 1 aliphatic heterocycles. The number of hydrogen-bond acceptors (Lipinski definition) is 4. The van der Waals surface area contributed by atoms with Crippen molar-refractivity contribution in [3.8, 4) is 5.75 Å². The zero-order valence-corrected chi connectivity index (χ0v) is 18.1. The van der Waals surface area contributed by atoms with Crippen molar-refractivity contribution in [1.82, 2.24) is 4.90 Å². The highest BCUT2D eigenvalue weighted by Gasteiger charge is 2.16. The highest BCUT2D eigenvalue weighted by molar-refractivity contribution is 7.80. The molecule has 3 N–H and O–H groups in total. The van der Waals surface area contributed by atoms with Crippen LogP contribution in [0.2, 0.25) is 0 Å². The van der Waals surface area contributed by atoms with E-state index in [0.29, 0.717) is 0 Å². The second kappa shape index (κ2) is 11.0. The Morgan fingerprint density at radius 2 is 1.79 bits per heavy atom. The average molecular weight is 413 g/mol. The van der Waals surface area contributed by atoms with Gasteiger partial charge in [-0.15, -0.1) is 0 Å². The Morgan fingerprint density at radius 1 is 1.03 bits per heavy atom. The molecule has 2 aromatic carbocycles. The first-order valence-corrected chi connectivity index (χ1v) is 10.8. The Hall–Kier alpha value is -2.31. The van der Waals surface area contributed by atoms with Crippen LogP contribution in [-0.4, -0.2) is 49.3 Å². The van der Waals surface area contributed by atoms with Gasteiger partial charge in [-0.1, -0.05) is 23.8 Å². The number of ether oxygens (including phenoxy) is 1. The van der Waals surface area contributed by atoms with Crippen molar-refractivity contribution in [2.45, 2.75) is 26.2 Å². The molecular weight excluding hydrogens is 380 g/mol. The zero-order chi connectivity index (χ0) is 20.5. The van der Waals surface area contributed by atoms with Crippen LogP contribution in [0.15, 0.2) is 48.5 Å². The highest BCUT2D eigenvalue weighted by Crippen LogP contribution is 2.19. The fraction of sp³-hybridized carbons (Fsp3) is 0.435. The number of piperazine rings is 1. The third kappa shape index (κ3) is 7.22. The molecule has 0 bridgehead atoms. The van der Waals surface area contributed by atoms with Gasteiger partial charge in [0.25, 0.3) is 0 Å². The summed E-state index contributed by atoms with van der Waals surface area (Å²) in [5.74, 6) is 0.846. The molecule has 0 amide bonds. The van der Waals surface area contributed by atoms with Gasteiger partial charge in [-0.25, -0.2) is 0 Å². The lowest BCUT2D eigenvalue weighted by Crippen LogP contribution is -2.46. The standard InChI is InChI=1S/C23H32N4OS/c1-19-8-10-21(11-9-19)27-15-13-26(14-16-27)12-3-2-4-17-28-22-7-5-6-20(18-22)25-23(24)29/h5-11,18H,2-4,12-17H2,1H3,(H3,24,25,29). The number of hydrogen-bond donors (Lipinski definition) is 2. The summed E-state index contributed by atoms with van der Waals surface area (Å²) in [6.45, 7) is 8.57. The van der Waals surface area contributed by atoms with E-state index in [4.69, 9.17) is 22.7 Å². The summed E-state index contributed by atoms with van der Waals surface area (Å²) >= 11 is 4.87. The Kier molecular flexibility index (Phi) is 8.14. The molecule has 0 aromatic heterocycles. The van der Waals surface area contributed by atoms with Gasteiger partial charge in [0.05, 0.1) is 6.61 Å². The Bertz CT molecular complexity index is 773. The third-order valence-electron chi connectivity index (χ3n) is 5.26. The van der Waals surface area contributed by atoms with Crippen molar-refractivity contribution in [2.75, 3.05) is 49.5 Å². The molecule has 6 heteroatoms. The Labute approximate surface area is 179 Å². The first-order valence-electron chi connectivity index (χ1n) is 10.4. The predicted molar refractivity (Wildman–Crippen MR) is 126 cm³/mol. The maximum absolute atomic E-state index is 5.85. The third-order valence-corrected chi connectivity index (χ3v) is 5.36. The maximum atomic E-state index is 5.85. The summed E-state index contributed by atoms with van der Waals surface area (Å²) in [6.07, 6.45) is 3.47. The van der Waals surface area contributed by atoms with E-state index in [1.807, 2.05) is 24.3 Å². The van der Waals surface area contributed by atoms with Crippen molar-refractivity contribution < 1.29 is 4.74 Å². The molecule has 2 aromatic rings. The second-order valence-electron chi connectivity index (χ2n) is 7.59. The molecular formula is C23H32N4OS. The number of anilines is 2. The molecule has 156 valence electrons. The Balaban J connectivity index is 1.27. The van der Waals surface area contributed by atoms with Crippen LogP contribution in [-0.2, 0) is 0 Å². The van der Waals surface area contributed by atoms with Crippen LogP contribution in [0.5, 0.6) is 5.75 Å². The largest absolute Gasteiger partial charge is 0.494 e. The van der Waals surface area contributed by atoms with Crippen LogP contribution in [0.25, 0.3) is 0 Å². The van der Waals surface area contributed by atoms with Gasteiger partial charge in [0.15, 0.2) is 5.11 Å². The van der Waals surface area contributed by atoms with E-state index in [0.717, 1.165) is 50.6 Å². The van der Waals surface area contributed by atoms with E-state index >= 15 is 0 Å². The average Bonchev–Trinajstić information content (AvgIpc) is 2.71. The minimum atomic E-state index is 0.266. The summed E-state index contributed by atoms with van der Waals surface area (Å²) < 4.78 is 5.85. The van der Waals surface area contributed by atoms with E-state index < -0.39 is 0 Å². The van der Waals surface area contributed by atoms with Crippen LogP contribution in [0.3, 0.4) is 0 Å². The molecule has 29 heavy (non-hydrogen) atoms. The van der Waals surface area contributed by atoms with Crippen LogP contribution in [0.4, 0.5) is 11.4 Å². The lowest BCUT2D eigenvalue weighted by atomic mass is 10.2. The summed E-state index contributed by atoms with van der Waals surface area (Å²) in [4.78, 5) is 5.07. The number of nitrogens with two attached hydrogens (primary N) is 1. The molecule has 1 fully saturated rings. The van der Waals surface area contributed by atoms with Crippen molar-refractivity contribution in [3.63, 3.8) is 0 Å². The van der Waals surface area contributed by atoms with Gasteiger partial charge < -0.3 is 20.7 Å². The molecule has 0 spiro atoms. The molecule has 0 radical (unpaired) electrons. The molecule has 0 atom stereocenters. The molecule has 0 unspecified atom stereocenters. The normalized spacial score (nSPS) is 14.6. The van der Waals surface area contributed by atoms with Gasteiger partial charge in [0, 0.05) is 43.6 Å². The van der Waals surface area contributed by atoms with Crippen molar-refractivity contribution >= 4 is 28.7 Å². The van der Waals surface area contributed by atoms with E-state index in [1.54, 1.807) is 0 Å². The van der Waals surface area contributed by atoms with Gasteiger partial charge in [0.2, 0.25) is 0 Å². The fourth-order valence-electron chi connectivity index (χ4n) is 3.60. The molecule has 5 nitrogen and oxygen atoms in total. The molecule has 0 aliphatic carbocycles. The van der Waals surface area contributed by atoms with Crippen LogP contribution >= 0.6 is 12.2 Å². The summed E-state index contributed by atoms with van der Waals surface area (Å²) in [5.41, 5.74) is 9.03. The van der Waals surface area contributed by atoms with Gasteiger partial charge in [0.1, 0.15) is 5.75 Å². The van der Waals surface area contributed by atoms with Crippen molar-refractivity contribution in [1.29, 1.82) is 0 Å². The van der Waals surface area contributed by atoms with E-state index in [9.17, 15) is 0 Å². The number of nitrogens with zero attached hydrogens (tertiary/aromatic N) is 2. The lowest BCUT2D eigenvalue weighted by Gasteiger charge is -2.36. The van der Waals surface area contributed by atoms with Crippen LogP contribution in [0, 0.1) is 6.92 Å². The number of unbranched alkanes of at least 4 members (excludes halogenated alkanes) is 2. The molecule has 1 saturated heterocycles. The quantitative estimate of drug-likeness (QED) is 0.479. The van der Waals surface area contributed by atoms with E-state index in [1.165, 1.54) is 30.6 Å². The molecule has 0 saturated carbocycles. The van der Waals surface area contributed by atoms with E-state index in [2.05, 4.69) is 46.3 Å². The van der Waals surface area contributed by atoms with E-state index in [-0.39, 0.29) is 5.11 Å². The van der Waals surface area contributed by atoms with Gasteiger partial charge in [-0.05, 0) is 69.2 Å². The molecule has 3 rings (SSSR count). The smallest absolute Gasteiger partial charge is 0.168 e. The summed E-state index contributed by atoms with van der Waals surface area (Å²) in [5, 5.41) is 3.19. The van der Waals surface area contributed by atoms with Gasteiger partial charge in [-0.3, -0.25) is 4.90 Å². The topological polar surface area (TPSA) is 53.8 Å². The second-order valence-corrected chi connectivity index (χ2v) is 8.03. The summed E-state index contributed by atoms with van der Waals surface area (Å²) in [6, 6.07) is 16.6. The predicted octanol–water partition coefficient (Wildman–Crippen LogP) is 4.02. The number of benzene rings is 2. The Morgan fingerprint density at radius 3 is 2.52 bits per heavy atom. The number of nitrogens with one attached hydrogen (secondary N) is 1. The van der Waals surface area contributed by atoms with Crippen LogP contribution in [0.1, 0.15) is 24.8 Å². The zero-order valence-electron chi connectivity index (χ0n) is 17.3. The highest BCUT2D eigenvalue weighted by atomic mass is 32.1. The molecule has 1 heterocycles. The fourth-order valence-corrected chi connectivity index (χ4v) is 3.71. The van der Waals surface area contributed by atoms with Crippen molar-refractivity contribution in [3.05, 3.63) is 54.1 Å². The number of rotatable bonds is 9. The monoisotopic (exact) mass is 412 g/mol. The first-order chi connectivity index (χ1) is 14.1. The first kappa shape index (κ1) is 21.4. The minimum Gasteiger partial charge on any atom is -0.494 e. The number of thiocarbonyl (C=S) groups is 1. The van der Waals surface area contributed by atoms with Gasteiger partial charge >= 0.3 is 0 Å².